The first kappa shape index (κ1) is 22.3. The van der Waals surface area contributed by atoms with Gasteiger partial charge >= 0.3 is 0 Å². The first-order valence-electron chi connectivity index (χ1n) is 10.2. The maximum atomic E-state index is 13.0. The van der Waals surface area contributed by atoms with Crippen LogP contribution in [0.2, 0.25) is 0 Å². The molecule has 0 aliphatic carbocycles. The van der Waals surface area contributed by atoms with E-state index in [1.165, 1.54) is 11.5 Å². The molecule has 12 heteroatoms. The molecule has 1 aliphatic rings. The van der Waals surface area contributed by atoms with Crippen molar-refractivity contribution in [2.45, 2.75) is 19.4 Å². The maximum Gasteiger partial charge on any atom is 0.277 e. The smallest absolute Gasteiger partial charge is 0.277 e. The van der Waals surface area contributed by atoms with Gasteiger partial charge in [-0.3, -0.25) is 25.0 Å². The van der Waals surface area contributed by atoms with Crippen LogP contribution in [0.25, 0.3) is 0 Å². The van der Waals surface area contributed by atoms with Crippen molar-refractivity contribution >= 4 is 33.9 Å². The first-order chi connectivity index (χ1) is 15.8. The summed E-state index contributed by atoms with van der Waals surface area (Å²) in [6.45, 7) is 3.22. The SMILES string of the molecule is CC1CN(c2nc(Cc3ccccc3)ns2)CCN1C(=O)c1cc([N+](=O)[O-])cc([N+](=O)[O-])c1. The lowest BCUT2D eigenvalue weighted by Crippen LogP contribution is -2.54. The largest absolute Gasteiger partial charge is 0.343 e. The second kappa shape index (κ2) is 9.28. The summed E-state index contributed by atoms with van der Waals surface area (Å²) < 4.78 is 4.45. The van der Waals surface area contributed by atoms with Crippen LogP contribution in [0.15, 0.2) is 48.5 Å². The monoisotopic (exact) mass is 468 g/mol. The van der Waals surface area contributed by atoms with Crippen LogP contribution in [-0.4, -0.2) is 55.7 Å². The van der Waals surface area contributed by atoms with Gasteiger partial charge in [0.1, 0.15) is 5.82 Å². The number of amides is 1. The lowest BCUT2D eigenvalue weighted by atomic mass is 10.1. The van der Waals surface area contributed by atoms with Gasteiger partial charge < -0.3 is 9.80 Å². The van der Waals surface area contributed by atoms with Crippen LogP contribution in [0.3, 0.4) is 0 Å². The van der Waals surface area contributed by atoms with Gasteiger partial charge in [-0.2, -0.15) is 4.37 Å². The number of carbonyl (C=O) groups is 1. The highest BCUT2D eigenvalue weighted by molar-refractivity contribution is 7.09. The Labute approximate surface area is 192 Å². The zero-order valence-corrected chi connectivity index (χ0v) is 18.5. The lowest BCUT2D eigenvalue weighted by molar-refractivity contribution is -0.394. The first-order valence-corrected chi connectivity index (χ1v) is 11.0. The number of nitrogens with zero attached hydrogens (tertiary/aromatic N) is 6. The number of rotatable bonds is 6. The van der Waals surface area contributed by atoms with E-state index in [0.717, 1.165) is 34.7 Å². The van der Waals surface area contributed by atoms with E-state index >= 15 is 0 Å². The summed E-state index contributed by atoms with van der Waals surface area (Å²) in [5.74, 6) is 0.257. The van der Waals surface area contributed by atoms with Crippen LogP contribution in [-0.2, 0) is 6.42 Å². The highest BCUT2D eigenvalue weighted by Crippen LogP contribution is 2.26. The second-order valence-corrected chi connectivity index (χ2v) is 8.43. The average molecular weight is 468 g/mol. The molecule has 11 nitrogen and oxygen atoms in total. The Morgan fingerprint density at radius 3 is 2.36 bits per heavy atom. The topological polar surface area (TPSA) is 136 Å². The summed E-state index contributed by atoms with van der Waals surface area (Å²) in [5, 5.41) is 23.1. The van der Waals surface area contributed by atoms with E-state index in [4.69, 9.17) is 0 Å². The lowest BCUT2D eigenvalue weighted by Gasteiger charge is -2.39. The molecule has 4 rings (SSSR count). The molecular weight excluding hydrogens is 448 g/mol. The summed E-state index contributed by atoms with van der Waals surface area (Å²) >= 11 is 1.31. The fraction of sp³-hybridized carbons (Fsp3) is 0.286. The van der Waals surface area contributed by atoms with Crippen LogP contribution in [0.4, 0.5) is 16.5 Å². The number of nitro groups is 2. The molecule has 1 aliphatic heterocycles. The molecule has 0 N–H and O–H groups in total. The molecule has 2 heterocycles. The summed E-state index contributed by atoms with van der Waals surface area (Å²) in [6.07, 6.45) is 0.636. The molecule has 0 bridgehead atoms. The van der Waals surface area contributed by atoms with Gasteiger partial charge in [0.2, 0.25) is 5.13 Å². The predicted octanol–water partition coefficient (Wildman–Crippen LogP) is 3.30. The molecule has 1 amide bonds. The molecule has 2 aromatic carbocycles. The number of nitro benzene ring substituents is 2. The third-order valence-corrected chi connectivity index (χ3v) is 6.21. The molecule has 33 heavy (non-hydrogen) atoms. The number of piperazine rings is 1. The van der Waals surface area contributed by atoms with Crippen molar-refractivity contribution < 1.29 is 14.6 Å². The number of aromatic nitrogens is 2. The molecule has 1 saturated heterocycles. The number of anilines is 1. The van der Waals surface area contributed by atoms with Gasteiger partial charge in [0, 0.05) is 55.8 Å². The van der Waals surface area contributed by atoms with Gasteiger partial charge in [-0.1, -0.05) is 30.3 Å². The minimum Gasteiger partial charge on any atom is -0.343 e. The van der Waals surface area contributed by atoms with E-state index in [0.29, 0.717) is 26.1 Å². The van der Waals surface area contributed by atoms with Crippen molar-refractivity contribution in [3.8, 4) is 0 Å². The Morgan fingerprint density at radius 2 is 1.76 bits per heavy atom. The number of benzene rings is 2. The van der Waals surface area contributed by atoms with E-state index in [1.54, 1.807) is 4.90 Å². The Morgan fingerprint density at radius 1 is 1.09 bits per heavy atom. The zero-order valence-electron chi connectivity index (χ0n) is 17.7. The van der Waals surface area contributed by atoms with Gasteiger partial charge in [0.25, 0.3) is 17.3 Å². The van der Waals surface area contributed by atoms with Gasteiger partial charge in [-0.05, 0) is 12.5 Å². The highest BCUT2D eigenvalue weighted by atomic mass is 32.1. The average Bonchev–Trinajstić information content (AvgIpc) is 3.27. The van der Waals surface area contributed by atoms with Gasteiger partial charge in [-0.15, -0.1) is 0 Å². The summed E-state index contributed by atoms with van der Waals surface area (Å²) in [5.41, 5.74) is 0.0752. The third-order valence-electron chi connectivity index (χ3n) is 5.39. The molecule has 1 aromatic heterocycles. The third kappa shape index (κ3) is 4.95. The highest BCUT2D eigenvalue weighted by Gasteiger charge is 2.31. The van der Waals surface area contributed by atoms with E-state index in [-0.39, 0.29) is 11.6 Å². The van der Waals surface area contributed by atoms with Crippen molar-refractivity contribution in [2.75, 3.05) is 24.5 Å². The summed E-state index contributed by atoms with van der Waals surface area (Å²) in [7, 11) is 0. The van der Waals surface area contributed by atoms with Crippen LogP contribution >= 0.6 is 11.5 Å². The van der Waals surface area contributed by atoms with Crippen molar-refractivity contribution in [2.24, 2.45) is 0 Å². The number of carbonyl (C=O) groups excluding carboxylic acids is 1. The molecule has 0 saturated carbocycles. The van der Waals surface area contributed by atoms with E-state index in [2.05, 4.69) is 14.3 Å². The van der Waals surface area contributed by atoms with Gasteiger partial charge in [0.15, 0.2) is 0 Å². The molecule has 1 atom stereocenters. The fourth-order valence-electron chi connectivity index (χ4n) is 3.75. The second-order valence-electron chi connectivity index (χ2n) is 7.70. The number of non-ortho nitro benzene ring substituents is 2. The minimum absolute atomic E-state index is 0.0720. The predicted molar refractivity (Wildman–Crippen MR) is 122 cm³/mol. The van der Waals surface area contributed by atoms with E-state index < -0.39 is 27.1 Å². The Kier molecular flexibility index (Phi) is 6.27. The summed E-state index contributed by atoms with van der Waals surface area (Å²) in [6, 6.07) is 12.7. The summed E-state index contributed by atoms with van der Waals surface area (Å²) in [4.78, 5) is 42.1. The van der Waals surface area contributed by atoms with Crippen LogP contribution in [0.1, 0.15) is 28.7 Å². The van der Waals surface area contributed by atoms with Crippen molar-refractivity contribution in [1.82, 2.24) is 14.3 Å². The molecule has 0 radical (unpaired) electrons. The quantitative estimate of drug-likeness (QED) is 0.397. The molecule has 1 unspecified atom stereocenters. The Balaban J connectivity index is 1.46. The van der Waals surface area contributed by atoms with Crippen LogP contribution in [0, 0.1) is 20.2 Å². The Hall–Kier alpha value is -3.93. The van der Waals surface area contributed by atoms with Crippen molar-refractivity contribution in [1.29, 1.82) is 0 Å². The molecule has 3 aromatic rings. The molecule has 0 spiro atoms. The van der Waals surface area contributed by atoms with Crippen LogP contribution in [0.5, 0.6) is 0 Å². The number of hydrogen-bond acceptors (Lipinski definition) is 9. The normalized spacial score (nSPS) is 16.0. The molecular formula is C21H20N6O5S. The van der Waals surface area contributed by atoms with Gasteiger partial charge in [-0.25, -0.2) is 4.98 Å². The molecule has 170 valence electrons. The van der Waals surface area contributed by atoms with Crippen LogP contribution < -0.4 is 4.90 Å². The Bertz CT molecular complexity index is 1170. The number of hydrogen-bond donors (Lipinski definition) is 0. The van der Waals surface area contributed by atoms with E-state index in [9.17, 15) is 25.0 Å². The standard InChI is InChI=1S/C21H20N6O5S/c1-14-13-24(21-22-19(23-33-21)9-15-5-3-2-4-6-15)7-8-25(14)20(28)16-10-17(26(29)30)12-18(11-16)27(31)32/h2-6,10-12,14H,7-9,13H2,1H3. The molecule has 1 fully saturated rings. The van der Waals surface area contributed by atoms with E-state index in [1.807, 2.05) is 37.3 Å². The fourth-order valence-corrected chi connectivity index (χ4v) is 4.47. The zero-order chi connectivity index (χ0) is 23.5. The van der Waals surface area contributed by atoms with Crippen molar-refractivity contribution in [3.63, 3.8) is 0 Å². The maximum absolute atomic E-state index is 13.0. The minimum atomic E-state index is -0.742. The van der Waals surface area contributed by atoms with Gasteiger partial charge in [0.05, 0.1) is 21.5 Å². The van der Waals surface area contributed by atoms with Crippen molar-refractivity contribution in [3.05, 3.63) is 85.7 Å².